The molecule has 4 rings (SSSR count). The van der Waals surface area contributed by atoms with Gasteiger partial charge in [0, 0.05) is 5.92 Å². The molecule has 118 valence electrons. The third-order valence-electron chi connectivity index (χ3n) is 6.02. The number of rotatable bonds is 1. The van der Waals surface area contributed by atoms with E-state index in [9.17, 15) is 0 Å². The van der Waals surface area contributed by atoms with Gasteiger partial charge in [-0.25, -0.2) is 0 Å². The van der Waals surface area contributed by atoms with Crippen LogP contribution in [0.5, 0.6) is 0 Å². The van der Waals surface area contributed by atoms with Gasteiger partial charge in [0.05, 0.1) is 0 Å². The summed E-state index contributed by atoms with van der Waals surface area (Å²) in [6, 6.07) is 15.9. The van der Waals surface area contributed by atoms with E-state index in [-0.39, 0.29) is 5.41 Å². The van der Waals surface area contributed by atoms with Crippen molar-refractivity contribution in [2.75, 3.05) is 0 Å². The highest BCUT2D eigenvalue weighted by Gasteiger charge is 2.38. The second kappa shape index (κ2) is 4.84. The van der Waals surface area contributed by atoms with E-state index in [1.807, 2.05) is 0 Å². The molecule has 0 heteroatoms. The zero-order valence-corrected chi connectivity index (χ0v) is 14.7. The van der Waals surface area contributed by atoms with Gasteiger partial charge in [0.25, 0.3) is 0 Å². The van der Waals surface area contributed by atoms with E-state index in [1.165, 1.54) is 29.5 Å². The summed E-state index contributed by atoms with van der Waals surface area (Å²) in [5.41, 5.74) is 8.00. The molecule has 0 saturated heterocycles. The zero-order chi connectivity index (χ0) is 16.2. The predicted molar refractivity (Wildman–Crippen MR) is 99.0 cm³/mol. The van der Waals surface area contributed by atoms with Crippen LogP contribution in [0.3, 0.4) is 0 Å². The van der Waals surface area contributed by atoms with Gasteiger partial charge in [-0.15, -0.1) is 0 Å². The van der Waals surface area contributed by atoms with Crippen LogP contribution in [-0.2, 0) is 10.8 Å². The summed E-state index contributed by atoms with van der Waals surface area (Å²) in [5, 5.41) is 0. The Labute approximate surface area is 140 Å². The lowest BCUT2D eigenvalue weighted by molar-refractivity contribution is 0.331. The van der Waals surface area contributed by atoms with Crippen LogP contribution in [0, 0.1) is 0 Å². The maximum absolute atomic E-state index is 2.52. The van der Waals surface area contributed by atoms with Gasteiger partial charge in [-0.3, -0.25) is 0 Å². The van der Waals surface area contributed by atoms with Gasteiger partial charge in [-0.05, 0) is 51.5 Å². The van der Waals surface area contributed by atoms with Crippen LogP contribution in [0.15, 0.2) is 48.5 Å². The minimum Gasteiger partial charge on any atom is -0.0720 e. The monoisotopic (exact) mass is 302 g/mol. The molecule has 0 amide bonds. The average molecular weight is 302 g/mol. The van der Waals surface area contributed by atoms with Gasteiger partial charge in [-0.2, -0.15) is 0 Å². The van der Waals surface area contributed by atoms with Crippen LogP contribution in [-0.4, -0.2) is 0 Å². The molecular formula is C23H26. The Morgan fingerprint density at radius 1 is 0.826 bits per heavy atom. The van der Waals surface area contributed by atoms with Gasteiger partial charge >= 0.3 is 0 Å². The Morgan fingerprint density at radius 2 is 1.43 bits per heavy atom. The summed E-state index contributed by atoms with van der Waals surface area (Å²) >= 11 is 0. The van der Waals surface area contributed by atoms with Gasteiger partial charge in [0.15, 0.2) is 0 Å². The highest BCUT2D eigenvalue weighted by atomic mass is 14.4. The molecule has 0 spiro atoms. The molecular weight excluding hydrogens is 276 g/mol. The number of hydrogen-bond donors (Lipinski definition) is 0. The molecule has 0 fully saturated rings. The minimum absolute atomic E-state index is 0.281. The van der Waals surface area contributed by atoms with E-state index in [4.69, 9.17) is 0 Å². The fourth-order valence-corrected chi connectivity index (χ4v) is 4.32. The molecule has 2 aromatic carbocycles. The van der Waals surface area contributed by atoms with E-state index in [2.05, 4.69) is 82.3 Å². The smallest absolute Gasteiger partial charge is 0.0278 e. The van der Waals surface area contributed by atoms with Gasteiger partial charge in [-0.1, -0.05) is 82.3 Å². The van der Waals surface area contributed by atoms with E-state index in [1.54, 1.807) is 11.1 Å². The van der Waals surface area contributed by atoms with E-state index >= 15 is 0 Å². The largest absolute Gasteiger partial charge is 0.0720 e. The maximum Gasteiger partial charge on any atom is 0.0278 e. The minimum atomic E-state index is 0.281. The number of benzene rings is 2. The van der Waals surface area contributed by atoms with Crippen molar-refractivity contribution in [3.8, 4) is 0 Å². The van der Waals surface area contributed by atoms with E-state index < -0.39 is 0 Å². The van der Waals surface area contributed by atoms with Crippen LogP contribution < -0.4 is 0 Å². The molecule has 0 aromatic heterocycles. The van der Waals surface area contributed by atoms with Crippen molar-refractivity contribution in [3.05, 3.63) is 76.4 Å². The molecule has 2 aliphatic rings. The summed E-state index contributed by atoms with van der Waals surface area (Å²) in [7, 11) is 0. The summed E-state index contributed by atoms with van der Waals surface area (Å²) in [5.74, 6) is 0.414. The van der Waals surface area contributed by atoms with Crippen molar-refractivity contribution >= 4 is 6.08 Å². The highest BCUT2D eigenvalue weighted by molar-refractivity contribution is 5.68. The lowest BCUT2D eigenvalue weighted by Gasteiger charge is -2.42. The Balaban J connectivity index is 1.89. The highest BCUT2D eigenvalue weighted by Crippen LogP contribution is 2.49. The fourth-order valence-electron chi connectivity index (χ4n) is 4.32. The van der Waals surface area contributed by atoms with Crippen LogP contribution >= 0.6 is 0 Å². The Kier molecular flexibility index (Phi) is 3.10. The van der Waals surface area contributed by atoms with Crippen LogP contribution in [0.2, 0.25) is 0 Å². The lowest BCUT2D eigenvalue weighted by Crippen LogP contribution is -2.34. The summed E-state index contributed by atoms with van der Waals surface area (Å²) in [6.45, 7) is 9.63. The second-order valence-electron chi connectivity index (χ2n) is 8.54. The first-order chi connectivity index (χ1) is 10.9. The Bertz CT molecular complexity index is 775. The van der Waals surface area contributed by atoms with Crippen LogP contribution in [0.1, 0.15) is 74.3 Å². The molecule has 1 unspecified atom stereocenters. The first kappa shape index (κ1) is 14.8. The molecule has 0 nitrogen and oxygen atoms in total. The molecule has 1 atom stereocenters. The summed E-state index contributed by atoms with van der Waals surface area (Å²) < 4.78 is 0. The molecule has 0 N–H and O–H groups in total. The molecule has 0 bridgehead atoms. The topological polar surface area (TPSA) is 0 Å². The van der Waals surface area contributed by atoms with E-state index in [0.29, 0.717) is 11.3 Å². The first-order valence-corrected chi connectivity index (χ1v) is 8.81. The molecule has 2 aromatic rings. The molecule has 23 heavy (non-hydrogen) atoms. The third-order valence-corrected chi connectivity index (χ3v) is 6.02. The van der Waals surface area contributed by atoms with Crippen molar-refractivity contribution in [3.63, 3.8) is 0 Å². The fraction of sp³-hybridized carbons (Fsp3) is 0.391. The summed E-state index contributed by atoms with van der Waals surface area (Å²) in [6.07, 6.45) is 7.24. The van der Waals surface area contributed by atoms with Crippen molar-refractivity contribution in [1.29, 1.82) is 0 Å². The molecule has 0 saturated carbocycles. The van der Waals surface area contributed by atoms with E-state index in [0.717, 1.165) is 0 Å². The Morgan fingerprint density at radius 3 is 2.09 bits per heavy atom. The number of hydrogen-bond acceptors (Lipinski definition) is 0. The van der Waals surface area contributed by atoms with Crippen molar-refractivity contribution in [2.24, 2.45) is 0 Å². The Hall–Kier alpha value is -1.82. The van der Waals surface area contributed by atoms with Crippen LogP contribution in [0.25, 0.3) is 6.08 Å². The van der Waals surface area contributed by atoms with Crippen molar-refractivity contribution < 1.29 is 0 Å². The molecule has 0 heterocycles. The standard InChI is InChI=1S/C23H26/c1-22(2)12-13-23(3,4)21-15-19-17(14-20(21)22)10-11-18(19)16-8-6-5-7-9-16/h5-11,14-15,18H,12-13H2,1-4H3. The molecule has 0 radical (unpaired) electrons. The first-order valence-electron chi connectivity index (χ1n) is 8.81. The normalized spacial score (nSPS) is 23.4. The molecule has 0 aliphatic heterocycles. The maximum atomic E-state index is 2.52. The van der Waals surface area contributed by atoms with Gasteiger partial charge in [0.2, 0.25) is 0 Å². The van der Waals surface area contributed by atoms with Crippen molar-refractivity contribution in [1.82, 2.24) is 0 Å². The third kappa shape index (κ3) is 2.27. The van der Waals surface area contributed by atoms with Crippen LogP contribution in [0.4, 0.5) is 0 Å². The van der Waals surface area contributed by atoms with Gasteiger partial charge in [0.1, 0.15) is 0 Å². The number of allylic oxidation sites excluding steroid dienone is 1. The predicted octanol–water partition coefficient (Wildman–Crippen LogP) is 6.19. The summed E-state index contributed by atoms with van der Waals surface area (Å²) in [4.78, 5) is 0. The van der Waals surface area contributed by atoms with Gasteiger partial charge < -0.3 is 0 Å². The lowest BCUT2D eigenvalue weighted by atomic mass is 9.62. The average Bonchev–Trinajstić information content (AvgIpc) is 2.95. The zero-order valence-electron chi connectivity index (χ0n) is 14.7. The van der Waals surface area contributed by atoms with Crippen molar-refractivity contribution in [2.45, 2.75) is 57.3 Å². The quantitative estimate of drug-likeness (QED) is 0.589. The SMILES string of the molecule is CC1(C)CCC(C)(C)c2cc3c(cc21)C=CC3c1ccccc1. The number of fused-ring (bicyclic) bond motifs is 2. The second-order valence-corrected chi connectivity index (χ2v) is 8.54. The molecule has 2 aliphatic carbocycles.